The number of nitrogens with zero attached hydrogens (tertiary/aromatic N) is 3. The predicted octanol–water partition coefficient (Wildman–Crippen LogP) is 3.56. The van der Waals surface area contributed by atoms with E-state index in [-0.39, 0.29) is 6.10 Å². The van der Waals surface area contributed by atoms with Gasteiger partial charge in [-0.1, -0.05) is 19.1 Å². The number of rotatable bonds is 8. The molecule has 0 amide bonds. The minimum absolute atomic E-state index is 0.193. The number of guanidine groups is 1. The molecule has 7 heteroatoms. The lowest BCUT2D eigenvalue weighted by molar-refractivity contribution is 0.215. The summed E-state index contributed by atoms with van der Waals surface area (Å²) in [6.07, 6.45) is 1.17. The third-order valence-corrected chi connectivity index (χ3v) is 5.21. The molecule has 2 rings (SSSR count). The van der Waals surface area contributed by atoms with E-state index in [0.717, 1.165) is 34.5 Å². The van der Waals surface area contributed by atoms with Gasteiger partial charge in [-0.2, -0.15) is 0 Å². The number of benzene rings is 1. The molecule has 0 saturated heterocycles. The van der Waals surface area contributed by atoms with E-state index in [4.69, 9.17) is 4.74 Å². The highest BCUT2D eigenvalue weighted by Crippen LogP contribution is 2.22. The Labute approximate surface area is 166 Å². The summed E-state index contributed by atoms with van der Waals surface area (Å²) in [5.41, 5.74) is 3.31. The number of thiazole rings is 1. The molecule has 0 radical (unpaired) electrons. The SMILES string of the molecule is CCC(C)Oc1cc(C)ccc1CNC(=NC)NCc1csc(N(C)C)n1. The summed E-state index contributed by atoms with van der Waals surface area (Å²) in [7, 11) is 5.77. The molecule has 2 N–H and O–H groups in total. The van der Waals surface area contributed by atoms with Crippen molar-refractivity contribution < 1.29 is 4.74 Å². The van der Waals surface area contributed by atoms with Crippen LogP contribution in [0.1, 0.15) is 37.1 Å². The molecule has 0 saturated carbocycles. The molecule has 0 bridgehead atoms. The lowest BCUT2D eigenvalue weighted by atomic mass is 10.1. The summed E-state index contributed by atoms with van der Waals surface area (Å²) in [6, 6.07) is 6.31. The van der Waals surface area contributed by atoms with Crippen molar-refractivity contribution in [3.63, 3.8) is 0 Å². The molecular weight excluding hydrogens is 358 g/mol. The zero-order valence-electron chi connectivity index (χ0n) is 17.2. The van der Waals surface area contributed by atoms with Crippen LogP contribution in [0.3, 0.4) is 0 Å². The van der Waals surface area contributed by atoms with Crippen molar-refractivity contribution in [2.75, 3.05) is 26.0 Å². The molecule has 6 nitrogen and oxygen atoms in total. The maximum Gasteiger partial charge on any atom is 0.191 e. The number of hydrogen-bond acceptors (Lipinski definition) is 5. The number of aliphatic imine (C=N–C) groups is 1. The molecule has 0 spiro atoms. The van der Waals surface area contributed by atoms with Gasteiger partial charge in [-0.05, 0) is 31.9 Å². The first-order valence-corrected chi connectivity index (χ1v) is 10.1. The van der Waals surface area contributed by atoms with Crippen LogP contribution in [0.15, 0.2) is 28.6 Å². The van der Waals surface area contributed by atoms with Crippen LogP contribution >= 0.6 is 11.3 Å². The second-order valence-corrected chi connectivity index (χ2v) is 7.58. The zero-order chi connectivity index (χ0) is 19.8. The molecule has 2 aromatic rings. The molecule has 27 heavy (non-hydrogen) atoms. The van der Waals surface area contributed by atoms with Crippen molar-refractivity contribution in [3.8, 4) is 5.75 Å². The van der Waals surface area contributed by atoms with Gasteiger partial charge >= 0.3 is 0 Å². The summed E-state index contributed by atoms with van der Waals surface area (Å²) >= 11 is 1.64. The van der Waals surface area contributed by atoms with Gasteiger partial charge in [0, 0.05) is 38.6 Å². The average molecular weight is 390 g/mol. The predicted molar refractivity (Wildman–Crippen MR) is 115 cm³/mol. The van der Waals surface area contributed by atoms with Crippen LogP contribution in [0.2, 0.25) is 0 Å². The van der Waals surface area contributed by atoms with Gasteiger partial charge in [-0.3, -0.25) is 4.99 Å². The summed E-state index contributed by atoms with van der Waals surface area (Å²) < 4.78 is 6.08. The quantitative estimate of drug-likeness (QED) is 0.534. The summed E-state index contributed by atoms with van der Waals surface area (Å²) in [6.45, 7) is 7.58. The average Bonchev–Trinajstić information content (AvgIpc) is 3.12. The van der Waals surface area contributed by atoms with Crippen LogP contribution in [0.25, 0.3) is 0 Å². The molecule has 1 unspecified atom stereocenters. The van der Waals surface area contributed by atoms with Crippen molar-refractivity contribution in [1.82, 2.24) is 15.6 Å². The molecule has 0 fully saturated rings. The lowest BCUT2D eigenvalue weighted by Gasteiger charge is -2.18. The van der Waals surface area contributed by atoms with Gasteiger partial charge in [0.15, 0.2) is 11.1 Å². The van der Waals surface area contributed by atoms with Gasteiger partial charge in [-0.15, -0.1) is 11.3 Å². The number of hydrogen-bond donors (Lipinski definition) is 2. The molecule has 1 aromatic carbocycles. The molecule has 0 aliphatic heterocycles. The Balaban J connectivity index is 1.95. The van der Waals surface area contributed by atoms with Gasteiger partial charge < -0.3 is 20.3 Å². The van der Waals surface area contributed by atoms with Crippen molar-refractivity contribution in [1.29, 1.82) is 0 Å². The van der Waals surface area contributed by atoms with E-state index in [1.807, 2.05) is 19.0 Å². The fraction of sp³-hybridized carbons (Fsp3) is 0.500. The molecule has 1 heterocycles. The Kier molecular flexibility index (Phi) is 7.91. The third kappa shape index (κ3) is 6.43. The minimum Gasteiger partial charge on any atom is -0.490 e. The first-order valence-electron chi connectivity index (χ1n) is 9.25. The maximum absolute atomic E-state index is 6.08. The van der Waals surface area contributed by atoms with Gasteiger partial charge in [0.2, 0.25) is 0 Å². The third-order valence-electron chi connectivity index (χ3n) is 4.15. The Morgan fingerprint density at radius 1 is 1.30 bits per heavy atom. The van der Waals surface area contributed by atoms with E-state index in [1.165, 1.54) is 5.56 Å². The molecule has 0 aliphatic carbocycles. The van der Waals surface area contributed by atoms with Gasteiger partial charge in [-0.25, -0.2) is 4.98 Å². The number of aromatic nitrogens is 1. The van der Waals surface area contributed by atoms with Crippen molar-refractivity contribution in [2.45, 2.75) is 46.4 Å². The van der Waals surface area contributed by atoms with E-state index in [9.17, 15) is 0 Å². The Bertz CT molecular complexity index is 757. The van der Waals surface area contributed by atoms with Crippen molar-refractivity contribution in [3.05, 3.63) is 40.4 Å². The number of ether oxygens (including phenoxy) is 1. The second-order valence-electron chi connectivity index (χ2n) is 6.74. The fourth-order valence-corrected chi connectivity index (χ4v) is 3.13. The van der Waals surface area contributed by atoms with Crippen LogP contribution in [0, 0.1) is 6.92 Å². The van der Waals surface area contributed by atoms with E-state index in [2.05, 4.69) is 65.0 Å². The topological polar surface area (TPSA) is 61.8 Å². The van der Waals surface area contributed by atoms with Gasteiger partial charge in [0.25, 0.3) is 0 Å². The maximum atomic E-state index is 6.08. The summed E-state index contributed by atoms with van der Waals surface area (Å²) in [4.78, 5) is 10.9. The largest absolute Gasteiger partial charge is 0.490 e. The van der Waals surface area contributed by atoms with Crippen LogP contribution in [-0.2, 0) is 13.1 Å². The van der Waals surface area contributed by atoms with E-state index in [0.29, 0.717) is 13.1 Å². The number of aryl methyl sites for hydroxylation is 1. The summed E-state index contributed by atoms with van der Waals surface area (Å²) in [5, 5.41) is 9.74. The minimum atomic E-state index is 0.193. The number of nitrogens with one attached hydrogen (secondary N) is 2. The smallest absolute Gasteiger partial charge is 0.191 e. The lowest BCUT2D eigenvalue weighted by Crippen LogP contribution is -2.36. The first kappa shape index (κ1) is 21.0. The van der Waals surface area contributed by atoms with E-state index >= 15 is 0 Å². The number of anilines is 1. The molecule has 148 valence electrons. The van der Waals surface area contributed by atoms with E-state index < -0.39 is 0 Å². The van der Waals surface area contributed by atoms with Crippen molar-refractivity contribution >= 4 is 22.4 Å². The van der Waals surface area contributed by atoms with Crippen LogP contribution in [0.4, 0.5) is 5.13 Å². The van der Waals surface area contributed by atoms with Gasteiger partial charge in [0.1, 0.15) is 5.75 Å². The van der Waals surface area contributed by atoms with Crippen LogP contribution in [0.5, 0.6) is 5.75 Å². The fourth-order valence-electron chi connectivity index (χ4n) is 2.37. The summed E-state index contributed by atoms with van der Waals surface area (Å²) in [5.74, 6) is 1.67. The zero-order valence-corrected chi connectivity index (χ0v) is 18.0. The highest BCUT2D eigenvalue weighted by atomic mass is 32.1. The molecular formula is C20H31N5OS. The molecule has 1 aromatic heterocycles. The van der Waals surface area contributed by atoms with E-state index in [1.54, 1.807) is 18.4 Å². The highest BCUT2D eigenvalue weighted by Gasteiger charge is 2.09. The van der Waals surface area contributed by atoms with Crippen LogP contribution in [-0.4, -0.2) is 38.2 Å². The van der Waals surface area contributed by atoms with Gasteiger partial charge in [0.05, 0.1) is 18.3 Å². The normalized spacial score (nSPS) is 12.6. The molecule has 1 atom stereocenters. The highest BCUT2D eigenvalue weighted by molar-refractivity contribution is 7.13. The van der Waals surface area contributed by atoms with Crippen LogP contribution < -0.4 is 20.3 Å². The Morgan fingerprint density at radius 2 is 2.04 bits per heavy atom. The monoisotopic (exact) mass is 389 g/mol. The Hall–Kier alpha value is -2.28. The molecule has 0 aliphatic rings. The first-order chi connectivity index (χ1) is 12.9. The van der Waals surface area contributed by atoms with Crippen molar-refractivity contribution in [2.24, 2.45) is 4.99 Å². The standard InChI is InChI=1S/C20H31N5OS/c1-7-15(3)26-18-10-14(2)8-9-16(18)11-22-19(21-4)23-12-17-13-27-20(24-17)25(5)6/h8-10,13,15H,7,11-12H2,1-6H3,(H2,21,22,23). The Morgan fingerprint density at radius 3 is 2.67 bits per heavy atom. The second kappa shape index (κ2) is 10.2.